The van der Waals surface area contributed by atoms with Crippen LogP contribution in [-0.4, -0.2) is 23.9 Å². The van der Waals surface area contributed by atoms with Gasteiger partial charge in [0.25, 0.3) is 0 Å². The average molecular weight is 422 g/mol. The van der Waals surface area contributed by atoms with Crippen LogP contribution in [0, 0.1) is 6.92 Å². The molecule has 0 spiro atoms. The van der Waals surface area contributed by atoms with E-state index in [0.717, 1.165) is 17.0 Å². The van der Waals surface area contributed by atoms with E-state index in [0.29, 0.717) is 17.4 Å². The lowest BCUT2D eigenvalue weighted by molar-refractivity contribution is 0.0600. The molecule has 4 heteroatoms. The van der Waals surface area contributed by atoms with Crippen LogP contribution in [0.1, 0.15) is 66.7 Å². The molecule has 0 aliphatic heterocycles. The van der Waals surface area contributed by atoms with E-state index < -0.39 is 0 Å². The first kappa shape index (κ1) is 22.2. The first-order chi connectivity index (χ1) is 14.3. The predicted molar refractivity (Wildman–Crippen MR) is 127 cm³/mol. The lowest BCUT2D eigenvalue weighted by Gasteiger charge is -2.24. The van der Waals surface area contributed by atoms with E-state index in [-0.39, 0.29) is 5.97 Å². The number of hydrogen-bond donors (Lipinski definition) is 0. The van der Waals surface area contributed by atoms with Gasteiger partial charge in [0.1, 0.15) is 0 Å². The van der Waals surface area contributed by atoms with Crippen molar-refractivity contribution in [2.24, 2.45) is 0 Å². The fraction of sp³-hybridized carbons (Fsp3) is 0.346. The Morgan fingerprint density at radius 2 is 1.53 bits per heavy atom. The van der Waals surface area contributed by atoms with Gasteiger partial charge >= 0.3 is 5.97 Å². The molecule has 0 atom stereocenters. The SMILES string of the molecule is COC(=O)c1cc(-c2ccc(SC)cc2)n(-c2c(C(C)C)cccc2C(C)C)c1C. The molecule has 0 aliphatic carbocycles. The van der Waals surface area contributed by atoms with Gasteiger partial charge in [0.2, 0.25) is 0 Å². The van der Waals surface area contributed by atoms with Gasteiger partial charge in [-0.1, -0.05) is 58.0 Å². The summed E-state index contributed by atoms with van der Waals surface area (Å²) in [4.78, 5) is 13.8. The van der Waals surface area contributed by atoms with Crippen LogP contribution in [0.5, 0.6) is 0 Å². The first-order valence-corrected chi connectivity index (χ1v) is 11.6. The zero-order valence-corrected chi connectivity index (χ0v) is 19.8. The van der Waals surface area contributed by atoms with Crippen molar-refractivity contribution in [2.75, 3.05) is 13.4 Å². The second-order valence-electron chi connectivity index (χ2n) is 8.18. The molecule has 0 amide bonds. The topological polar surface area (TPSA) is 31.2 Å². The van der Waals surface area contributed by atoms with E-state index in [1.165, 1.54) is 28.8 Å². The van der Waals surface area contributed by atoms with Gasteiger partial charge in [0.15, 0.2) is 0 Å². The Bertz CT molecular complexity index is 1020. The highest BCUT2D eigenvalue weighted by molar-refractivity contribution is 7.98. The minimum absolute atomic E-state index is 0.304. The van der Waals surface area contributed by atoms with E-state index in [2.05, 4.69) is 81.0 Å². The summed E-state index contributed by atoms with van der Waals surface area (Å²) in [5, 5.41) is 0. The molecule has 30 heavy (non-hydrogen) atoms. The number of rotatable bonds is 6. The molecule has 0 N–H and O–H groups in total. The van der Waals surface area contributed by atoms with Crippen molar-refractivity contribution in [2.45, 2.75) is 51.3 Å². The number of thioether (sulfide) groups is 1. The molecule has 3 nitrogen and oxygen atoms in total. The van der Waals surface area contributed by atoms with Crippen LogP contribution in [0.2, 0.25) is 0 Å². The minimum Gasteiger partial charge on any atom is -0.465 e. The Balaban J connectivity index is 2.39. The van der Waals surface area contributed by atoms with Gasteiger partial charge < -0.3 is 9.30 Å². The summed E-state index contributed by atoms with van der Waals surface area (Å²) in [6, 6.07) is 17.0. The lowest BCUT2D eigenvalue weighted by Crippen LogP contribution is -2.11. The third kappa shape index (κ3) is 4.06. The van der Waals surface area contributed by atoms with E-state index in [1.807, 2.05) is 13.0 Å². The van der Waals surface area contributed by atoms with E-state index >= 15 is 0 Å². The molecule has 2 aromatic carbocycles. The van der Waals surface area contributed by atoms with Crippen molar-refractivity contribution in [1.29, 1.82) is 0 Å². The zero-order chi connectivity index (χ0) is 22.0. The van der Waals surface area contributed by atoms with Gasteiger partial charge in [-0.2, -0.15) is 0 Å². The fourth-order valence-electron chi connectivity index (χ4n) is 3.96. The largest absolute Gasteiger partial charge is 0.465 e. The summed E-state index contributed by atoms with van der Waals surface area (Å²) in [6.07, 6.45) is 2.07. The average Bonchev–Trinajstić information content (AvgIpc) is 3.09. The Morgan fingerprint density at radius 3 is 2.00 bits per heavy atom. The Morgan fingerprint density at radius 1 is 0.967 bits per heavy atom. The normalized spacial score (nSPS) is 11.4. The molecule has 0 aliphatic rings. The smallest absolute Gasteiger partial charge is 0.339 e. The first-order valence-electron chi connectivity index (χ1n) is 10.4. The molecule has 0 unspecified atom stereocenters. The fourth-order valence-corrected chi connectivity index (χ4v) is 4.36. The van der Waals surface area contributed by atoms with Crippen molar-refractivity contribution < 1.29 is 9.53 Å². The molecule has 0 saturated carbocycles. The molecule has 1 aromatic heterocycles. The van der Waals surface area contributed by atoms with Crippen LogP contribution in [0.15, 0.2) is 53.4 Å². The maximum absolute atomic E-state index is 12.6. The second-order valence-corrected chi connectivity index (χ2v) is 9.06. The Kier molecular flexibility index (Phi) is 6.77. The minimum atomic E-state index is -0.304. The number of aromatic nitrogens is 1. The monoisotopic (exact) mass is 421 g/mol. The molecular formula is C26H31NO2S. The number of ether oxygens (including phenoxy) is 1. The van der Waals surface area contributed by atoms with Crippen molar-refractivity contribution in [3.8, 4) is 16.9 Å². The second kappa shape index (κ2) is 9.13. The molecule has 0 fully saturated rings. The number of carbonyl (C=O) groups is 1. The van der Waals surface area contributed by atoms with Gasteiger partial charge in [0, 0.05) is 10.6 Å². The van der Waals surface area contributed by atoms with Crippen LogP contribution in [0.3, 0.4) is 0 Å². The maximum Gasteiger partial charge on any atom is 0.339 e. The highest BCUT2D eigenvalue weighted by Gasteiger charge is 2.24. The van der Waals surface area contributed by atoms with Gasteiger partial charge in [0.05, 0.1) is 24.1 Å². The number of methoxy groups -OCH3 is 1. The van der Waals surface area contributed by atoms with Crippen LogP contribution in [-0.2, 0) is 4.74 Å². The summed E-state index contributed by atoms with van der Waals surface area (Å²) >= 11 is 1.72. The Hall–Kier alpha value is -2.46. The predicted octanol–water partition coefficient (Wildman–Crippen LogP) is 7.21. The standard InChI is InChI=1S/C26H31NO2S/c1-16(2)21-9-8-10-22(17(3)4)25(21)27-18(5)23(26(28)29-6)15-24(27)19-11-13-20(30-7)14-12-19/h8-17H,1-7H3. The summed E-state index contributed by atoms with van der Waals surface area (Å²) < 4.78 is 7.35. The van der Waals surface area contributed by atoms with Gasteiger partial charge in [-0.05, 0) is 59.9 Å². The van der Waals surface area contributed by atoms with E-state index in [1.54, 1.807) is 11.8 Å². The number of esters is 1. The summed E-state index contributed by atoms with van der Waals surface area (Å²) in [6.45, 7) is 10.9. The molecule has 158 valence electrons. The highest BCUT2D eigenvalue weighted by atomic mass is 32.2. The molecular weight excluding hydrogens is 390 g/mol. The molecule has 0 saturated heterocycles. The quantitative estimate of drug-likeness (QED) is 0.311. The van der Waals surface area contributed by atoms with Crippen LogP contribution in [0.25, 0.3) is 16.9 Å². The molecule has 3 aromatic rings. The van der Waals surface area contributed by atoms with E-state index in [9.17, 15) is 4.79 Å². The molecule has 1 heterocycles. The lowest BCUT2D eigenvalue weighted by atomic mass is 9.92. The number of benzene rings is 2. The molecule has 3 rings (SSSR count). The van der Waals surface area contributed by atoms with Crippen molar-refractivity contribution >= 4 is 17.7 Å². The zero-order valence-electron chi connectivity index (χ0n) is 18.9. The molecule has 0 bridgehead atoms. The summed E-state index contributed by atoms with van der Waals surface area (Å²) in [5.41, 5.74) is 7.33. The van der Waals surface area contributed by atoms with Crippen molar-refractivity contribution in [3.05, 3.63) is 70.9 Å². The van der Waals surface area contributed by atoms with Crippen LogP contribution >= 0.6 is 11.8 Å². The van der Waals surface area contributed by atoms with Crippen LogP contribution < -0.4 is 0 Å². The molecule has 0 radical (unpaired) electrons. The van der Waals surface area contributed by atoms with Crippen LogP contribution in [0.4, 0.5) is 0 Å². The summed E-state index contributed by atoms with van der Waals surface area (Å²) in [7, 11) is 1.44. The van der Waals surface area contributed by atoms with Gasteiger partial charge in [-0.25, -0.2) is 4.79 Å². The van der Waals surface area contributed by atoms with Gasteiger partial charge in [-0.15, -0.1) is 11.8 Å². The van der Waals surface area contributed by atoms with Gasteiger partial charge in [-0.3, -0.25) is 0 Å². The maximum atomic E-state index is 12.6. The third-order valence-electron chi connectivity index (χ3n) is 5.60. The number of nitrogens with zero attached hydrogens (tertiary/aromatic N) is 1. The van der Waals surface area contributed by atoms with Crippen molar-refractivity contribution in [1.82, 2.24) is 4.57 Å². The summed E-state index contributed by atoms with van der Waals surface area (Å²) in [5.74, 6) is 0.406. The highest BCUT2D eigenvalue weighted by Crippen LogP contribution is 2.37. The third-order valence-corrected chi connectivity index (χ3v) is 6.35. The Labute approximate surface area is 184 Å². The van der Waals surface area contributed by atoms with E-state index in [4.69, 9.17) is 4.74 Å². The number of para-hydroxylation sites is 1. The number of hydrogen-bond acceptors (Lipinski definition) is 3. The number of carbonyl (C=O) groups excluding carboxylic acids is 1. The van der Waals surface area contributed by atoms with Crippen molar-refractivity contribution in [3.63, 3.8) is 0 Å².